The normalized spacial score (nSPS) is 14.7. The predicted molar refractivity (Wildman–Crippen MR) is 113 cm³/mol. The molecule has 1 aromatic carbocycles. The molecule has 1 N–H and O–H groups in total. The highest BCUT2D eigenvalue weighted by Crippen LogP contribution is 2.26. The van der Waals surface area contributed by atoms with Crippen LogP contribution in [0.5, 0.6) is 0 Å². The first kappa shape index (κ1) is 22.6. The van der Waals surface area contributed by atoms with Gasteiger partial charge >= 0.3 is 0 Å². The third-order valence-corrected chi connectivity index (χ3v) is 7.99. The van der Waals surface area contributed by atoms with Gasteiger partial charge < -0.3 is 9.64 Å². The highest BCUT2D eigenvalue weighted by molar-refractivity contribution is 8.01. The molecule has 1 aliphatic rings. The molecule has 1 aliphatic heterocycles. The Hall–Kier alpha value is -2.06. The van der Waals surface area contributed by atoms with Gasteiger partial charge in [0.15, 0.2) is 4.34 Å². The summed E-state index contributed by atoms with van der Waals surface area (Å²) >= 11 is 2.43. The maximum Gasteiger partial charge on any atom is 0.257 e. The van der Waals surface area contributed by atoms with Gasteiger partial charge in [0.25, 0.3) is 5.91 Å². The van der Waals surface area contributed by atoms with Crippen LogP contribution in [0, 0.1) is 0 Å². The Morgan fingerprint density at radius 3 is 2.50 bits per heavy atom. The Bertz CT molecular complexity index is 1000. The van der Waals surface area contributed by atoms with Crippen LogP contribution in [0.4, 0.5) is 5.13 Å². The molecule has 162 valence electrons. The van der Waals surface area contributed by atoms with Crippen molar-refractivity contribution in [1.29, 1.82) is 0 Å². The molecule has 0 spiro atoms. The highest BCUT2D eigenvalue weighted by atomic mass is 32.2. The van der Waals surface area contributed by atoms with Gasteiger partial charge in [-0.2, -0.15) is 0 Å². The standard InChI is InChI=1S/C17H21N5O5S3/c1-21(2)30(25,26)13-5-3-12(4-6-13)15(24)18-16-19-20-17(29-16)28-11-14(23)22-7-9-27-10-8-22/h3-6H,7-11H2,1-2H3,(H,18,19,24). The molecular formula is C17H21N5O5S3. The minimum absolute atomic E-state index is 0.0110. The van der Waals surface area contributed by atoms with Crippen molar-refractivity contribution in [2.75, 3.05) is 51.5 Å². The second kappa shape index (κ2) is 9.83. The van der Waals surface area contributed by atoms with Gasteiger partial charge in [-0.05, 0) is 24.3 Å². The van der Waals surface area contributed by atoms with Crippen molar-refractivity contribution in [1.82, 2.24) is 19.4 Å². The van der Waals surface area contributed by atoms with Crippen LogP contribution in [0.2, 0.25) is 0 Å². The van der Waals surface area contributed by atoms with Crippen LogP contribution in [0.15, 0.2) is 33.5 Å². The summed E-state index contributed by atoms with van der Waals surface area (Å²) in [6, 6.07) is 5.62. The highest BCUT2D eigenvalue weighted by Gasteiger charge is 2.19. The number of anilines is 1. The fraction of sp³-hybridized carbons (Fsp3) is 0.412. The molecule has 10 nitrogen and oxygen atoms in total. The number of hydrogen-bond donors (Lipinski definition) is 1. The van der Waals surface area contributed by atoms with E-state index in [4.69, 9.17) is 4.74 Å². The Labute approximate surface area is 182 Å². The zero-order valence-electron chi connectivity index (χ0n) is 16.4. The Morgan fingerprint density at radius 2 is 1.87 bits per heavy atom. The Balaban J connectivity index is 1.55. The molecule has 2 heterocycles. The first-order valence-electron chi connectivity index (χ1n) is 8.93. The van der Waals surface area contributed by atoms with Crippen LogP contribution >= 0.6 is 23.1 Å². The van der Waals surface area contributed by atoms with Crippen LogP contribution in [0.25, 0.3) is 0 Å². The monoisotopic (exact) mass is 471 g/mol. The average molecular weight is 472 g/mol. The van der Waals surface area contributed by atoms with Crippen LogP contribution < -0.4 is 5.32 Å². The molecule has 0 atom stereocenters. The molecular weight excluding hydrogens is 450 g/mol. The number of ether oxygens (including phenoxy) is 1. The summed E-state index contributed by atoms with van der Waals surface area (Å²) in [5.74, 6) is -0.178. The molecule has 1 saturated heterocycles. The lowest BCUT2D eigenvalue weighted by Gasteiger charge is -2.26. The summed E-state index contributed by atoms with van der Waals surface area (Å²) < 4.78 is 31.1. The van der Waals surface area contributed by atoms with Crippen LogP contribution in [-0.4, -0.2) is 85.8 Å². The maximum absolute atomic E-state index is 12.4. The van der Waals surface area contributed by atoms with E-state index in [9.17, 15) is 18.0 Å². The summed E-state index contributed by atoms with van der Waals surface area (Å²) in [4.78, 5) is 26.4. The third-order valence-electron chi connectivity index (χ3n) is 4.20. The number of nitrogens with zero attached hydrogens (tertiary/aromatic N) is 4. The number of aromatic nitrogens is 2. The first-order valence-corrected chi connectivity index (χ1v) is 12.2. The van der Waals surface area contributed by atoms with Gasteiger partial charge in [0.1, 0.15) is 0 Å². The van der Waals surface area contributed by atoms with Gasteiger partial charge in [-0.3, -0.25) is 14.9 Å². The fourth-order valence-corrected chi connectivity index (χ4v) is 5.06. The molecule has 13 heteroatoms. The van der Waals surface area contributed by atoms with E-state index in [1.807, 2.05) is 0 Å². The number of benzene rings is 1. The lowest BCUT2D eigenvalue weighted by molar-refractivity contribution is -0.132. The molecule has 1 fully saturated rings. The molecule has 0 aliphatic carbocycles. The number of sulfonamides is 1. The molecule has 3 rings (SSSR count). The summed E-state index contributed by atoms with van der Waals surface area (Å²) in [6.07, 6.45) is 0. The van der Waals surface area contributed by atoms with E-state index >= 15 is 0 Å². The van der Waals surface area contributed by atoms with Gasteiger partial charge in [0.05, 0.1) is 23.9 Å². The van der Waals surface area contributed by atoms with Crippen molar-refractivity contribution in [3.63, 3.8) is 0 Å². The van der Waals surface area contributed by atoms with Gasteiger partial charge in [0, 0.05) is 32.7 Å². The lowest BCUT2D eigenvalue weighted by atomic mass is 10.2. The molecule has 2 amide bonds. The van der Waals surface area contributed by atoms with Crippen molar-refractivity contribution in [2.45, 2.75) is 9.24 Å². The van der Waals surface area contributed by atoms with Gasteiger partial charge in [0.2, 0.25) is 21.1 Å². The minimum atomic E-state index is -3.56. The summed E-state index contributed by atoms with van der Waals surface area (Å²) in [6.45, 7) is 2.28. The van der Waals surface area contributed by atoms with E-state index < -0.39 is 15.9 Å². The van der Waals surface area contributed by atoms with E-state index in [0.29, 0.717) is 41.3 Å². The summed E-state index contributed by atoms with van der Waals surface area (Å²) in [7, 11) is -0.676. The van der Waals surface area contributed by atoms with Gasteiger partial charge in [-0.1, -0.05) is 23.1 Å². The molecule has 1 aromatic heterocycles. The topological polar surface area (TPSA) is 122 Å². The summed E-state index contributed by atoms with van der Waals surface area (Å²) in [5, 5.41) is 10.8. The van der Waals surface area contributed by atoms with E-state index in [0.717, 1.165) is 4.31 Å². The van der Waals surface area contributed by atoms with Crippen molar-refractivity contribution in [3.8, 4) is 0 Å². The zero-order chi connectivity index (χ0) is 21.7. The summed E-state index contributed by atoms with van der Waals surface area (Å²) in [5.41, 5.74) is 0.291. The van der Waals surface area contributed by atoms with Crippen molar-refractivity contribution in [2.24, 2.45) is 0 Å². The second-order valence-corrected chi connectivity index (χ2v) is 10.8. The Kier molecular flexibility index (Phi) is 7.41. The second-order valence-electron chi connectivity index (χ2n) is 6.42. The van der Waals surface area contributed by atoms with Crippen molar-refractivity contribution in [3.05, 3.63) is 29.8 Å². The number of nitrogens with one attached hydrogen (secondary N) is 1. The molecule has 0 saturated carbocycles. The molecule has 2 aromatic rings. The third kappa shape index (κ3) is 5.55. The molecule has 0 bridgehead atoms. The predicted octanol–water partition coefficient (Wildman–Crippen LogP) is 0.992. The molecule has 0 unspecified atom stereocenters. The molecule has 0 radical (unpaired) electrons. The Morgan fingerprint density at radius 1 is 1.20 bits per heavy atom. The fourth-order valence-electron chi connectivity index (χ4n) is 2.50. The molecule has 30 heavy (non-hydrogen) atoms. The number of thioether (sulfide) groups is 1. The number of carbonyl (C=O) groups is 2. The number of amides is 2. The number of rotatable bonds is 7. The lowest BCUT2D eigenvalue weighted by Crippen LogP contribution is -2.41. The SMILES string of the molecule is CN(C)S(=O)(=O)c1ccc(C(=O)Nc2nnc(SCC(=O)N3CCOCC3)s2)cc1. The van der Waals surface area contributed by atoms with Crippen LogP contribution in [0.1, 0.15) is 10.4 Å². The van der Waals surface area contributed by atoms with Crippen molar-refractivity contribution >= 4 is 50.1 Å². The van der Waals surface area contributed by atoms with E-state index in [2.05, 4.69) is 15.5 Å². The first-order chi connectivity index (χ1) is 14.3. The van der Waals surface area contributed by atoms with E-state index in [-0.39, 0.29) is 16.6 Å². The number of hydrogen-bond acceptors (Lipinski definition) is 9. The van der Waals surface area contributed by atoms with Crippen LogP contribution in [-0.2, 0) is 19.6 Å². The zero-order valence-corrected chi connectivity index (χ0v) is 18.8. The van der Waals surface area contributed by atoms with Gasteiger partial charge in [-0.25, -0.2) is 12.7 Å². The number of carbonyl (C=O) groups excluding carboxylic acids is 2. The number of morpholine rings is 1. The minimum Gasteiger partial charge on any atom is -0.378 e. The van der Waals surface area contributed by atoms with E-state index in [1.165, 1.54) is 61.5 Å². The largest absolute Gasteiger partial charge is 0.378 e. The average Bonchev–Trinajstić information content (AvgIpc) is 3.19. The maximum atomic E-state index is 12.4. The van der Waals surface area contributed by atoms with Gasteiger partial charge in [-0.15, -0.1) is 10.2 Å². The van der Waals surface area contributed by atoms with Crippen LogP contribution in [0.3, 0.4) is 0 Å². The van der Waals surface area contributed by atoms with Crippen molar-refractivity contribution < 1.29 is 22.7 Å². The van der Waals surface area contributed by atoms with E-state index in [1.54, 1.807) is 4.90 Å². The smallest absolute Gasteiger partial charge is 0.257 e. The quantitative estimate of drug-likeness (QED) is 0.469.